The van der Waals surface area contributed by atoms with Crippen molar-refractivity contribution in [2.24, 2.45) is 12.8 Å². The van der Waals surface area contributed by atoms with Gasteiger partial charge in [-0.1, -0.05) is 12.1 Å². The Morgan fingerprint density at radius 3 is 2.61 bits per heavy atom. The van der Waals surface area contributed by atoms with Crippen molar-refractivity contribution >= 4 is 0 Å². The Kier molecular flexibility index (Phi) is 3.99. The molecule has 1 aromatic carbocycles. The standard InChI is InChI=1S/C14H19N3O/c1-11(15)13-3-5-14(6-4-13)18-8-7-12-9-16-17(2)10-12/h3-6,9-11H,7-8,15H2,1-2H3/t11-/m1/s1. The monoisotopic (exact) mass is 245 g/mol. The molecule has 4 heteroatoms. The topological polar surface area (TPSA) is 53.1 Å². The third-order valence-electron chi connectivity index (χ3n) is 2.82. The van der Waals surface area contributed by atoms with Gasteiger partial charge in [-0.05, 0) is 30.2 Å². The third kappa shape index (κ3) is 3.34. The molecule has 4 nitrogen and oxygen atoms in total. The van der Waals surface area contributed by atoms with Gasteiger partial charge in [0.05, 0.1) is 12.8 Å². The third-order valence-corrected chi connectivity index (χ3v) is 2.82. The van der Waals surface area contributed by atoms with Crippen LogP contribution in [0.15, 0.2) is 36.7 Å². The summed E-state index contributed by atoms with van der Waals surface area (Å²) in [7, 11) is 1.91. The molecular formula is C14H19N3O. The van der Waals surface area contributed by atoms with Crippen LogP contribution >= 0.6 is 0 Å². The van der Waals surface area contributed by atoms with Crippen LogP contribution in [0.25, 0.3) is 0 Å². The largest absolute Gasteiger partial charge is 0.493 e. The van der Waals surface area contributed by atoms with E-state index in [0.29, 0.717) is 6.61 Å². The molecule has 0 unspecified atom stereocenters. The number of nitrogens with two attached hydrogens (primary N) is 1. The van der Waals surface area contributed by atoms with Gasteiger partial charge < -0.3 is 10.5 Å². The van der Waals surface area contributed by atoms with E-state index in [4.69, 9.17) is 10.5 Å². The van der Waals surface area contributed by atoms with E-state index in [9.17, 15) is 0 Å². The predicted octanol–water partition coefficient (Wildman–Crippen LogP) is 2.06. The average molecular weight is 245 g/mol. The Morgan fingerprint density at radius 1 is 1.33 bits per heavy atom. The molecule has 2 aromatic rings. The zero-order valence-corrected chi connectivity index (χ0v) is 10.8. The minimum atomic E-state index is 0.0643. The zero-order valence-electron chi connectivity index (χ0n) is 10.8. The van der Waals surface area contributed by atoms with Gasteiger partial charge in [0, 0.05) is 25.7 Å². The molecular weight excluding hydrogens is 226 g/mol. The number of hydrogen-bond donors (Lipinski definition) is 1. The first-order chi connectivity index (χ1) is 8.65. The van der Waals surface area contributed by atoms with E-state index in [0.717, 1.165) is 17.7 Å². The van der Waals surface area contributed by atoms with Crippen molar-refractivity contribution in [1.29, 1.82) is 0 Å². The molecule has 0 aliphatic carbocycles. The maximum absolute atomic E-state index is 5.79. The number of benzene rings is 1. The highest BCUT2D eigenvalue weighted by Gasteiger charge is 2.00. The van der Waals surface area contributed by atoms with E-state index in [1.54, 1.807) is 4.68 Å². The van der Waals surface area contributed by atoms with Crippen LogP contribution in [0, 0.1) is 0 Å². The molecule has 18 heavy (non-hydrogen) atoms. The maximum atomic E-state index is 5.79. The Labute approximate surface area is 107 Å². The van der Waals surface area contributed by atoms with Gasteiger partial charge in [0.2, 0.25) is 0 Å². The van der Waals surface area contributed by atoms with Crippen LogP contribution in [-0.2, 0) is 13.5 Å². The highest BCUT2D eigenvalue weighted by Crippen LogP contribution is 2.16. The van der Waals surface area contributed by atoms with Crippen molar-refractivity contribution in [3.05, 3.63) is 47.8 Å². The van der Waals surface area contributed by atoms with Crippen LogP contribution in [0.2, 0.25) is 0 Å². The van der Waals surface area contributed by atoms with Gasteiger partial charge in [0.15, 0.2) is 0 Å². The van der Waals surface area contributed by atoms with E-state index in [-0.39, 0.29) is 6.04 Å². The second-order valence-corrected chi connectivity index (χ2v) is 4.48. The van der Waals surface area contributed by atoms with E-state index in [1.165, 1.54) is 5.56 Å². The molecule has 0 bridgehead atoms. The smallest absolute Gasteiger partial charge is 0.119 e. The molecule has 2 N–H and O–H groups in total. The molecule has 1 atom stereocenters. The summed E-state index contributed by atoms with van der Waals surface area (Å²) in [5.41, 5.74) is 8.10. The number of hydrogen-bond acceptors (Lipinski definition) is 3. The Balaban J connectivity index is 1.83. The molecule has 0 fully saturated rings. The number of rotatable bonds is 5. The summed E-state index contributed by atoms with van der Waals surface area (Å²) < 4.78 is 7.47. The second-order valence-electron chi connectivity index (χ2n) is 4.48. The minimum Gasteiger partial charge on any atom is -0.493 e. The molecule has 0 spiro atoms. The summed E-state index contributed by atoms with van der Waals surface area (Å²) >= 11 is 0. The first-order valence-electron chi connectivity index (χ1n) is 6.11. The molecule has 1 aromatic heterocycles. The highest BCUT2D eigenvalue weighted by atomic mass is 16.5. The van der Waals surface area contributed by atoms with E-state index >= 15 is 0 Å². The minimum absolute atomic E-state index is 0.0643. The lowest BCUT2D eigenvalue weighted by atomic mass is 10.1. The first-order valence-corrected chi connectivity index (χ1v) is 6.11. The van der Waals surface area contributed by atoms with E-state index in [1.807, 2.05) is 50.6 Å². The van der Waals surface area contributed by atoms with Crippen LogP contribution in [0.5, 0.6) is 5.75 Å². The number of ether oxygens (including phenoxy) is 1. The number of aromatic nitrogens is 2. The summed E-state index contributed by atoms with van der Waals surface area (Å²) in [5.74, 6) is 0.878. The number of aryl methyl sites for hydroxylation is 1. The normalized spacial score (nSPS) is 12.4. The van der Waals surface area contributed by atoms with Crippen LogP contribution < -0.4 is 10.5 Å². The number of nitrogens with zero attached hydrogens (tertiary/aromatic N) is 2. The van der Waals surface area contributed by atoms with Crippen molar-refractivity contribution < 1.29 is 4.74 Å². The van der Waals surface area contributed by atoms with Gasteiger partial charge in [-0.25, -0.2) is 0 Å². The van der Waals surface area contributed by atoms with Gasteiger partial charge >= 0.3 is 0 Å². The molecule has 2 rings (SSSR count). The maximum Gasteiger partial charge on any atom is 0.119 e. The second kappa shape index (κ2) is 5.69. The fraction of sp³-hybridized carbons (Fsp3) is 0.357. The van der Waals surface area contributed by atoms with Crippen molar-refractivity contribution in [2.75, 3.05) is 6.61 Å². The van der Waals surface area contributed by atoms with E-state index in [2.05, 4.69) is 5.10 Å². The van der Waals surface area contributed by atoms with Gasteiger partial charge in [-0.15, -0.1) is 0 Å². The first kappa shape index (κ1) is 12.6. The lowest BCUT2D eigenvalue weighted by Gasteiger charge is -2.08. The van der Waals surface area contributed by atoms with Crippen LogP contribution in [0.3, 0.4) is 0 Å². The quantitative estimate of drug-likeness (QED) is 0.877. The van der Waals surface area contributed by atoms with Crippen LogP contribution in [0.1, 0.15) is 24.1 Å². The van der Waals surface area contributed by atoms with Crippen molar-refractivity contribution in [3.8, 4) is 5.75 Å². The highest BCUT2D eigenvalue weighted by molar-refractivity contribution is 5.28. The van der Waals surface area contributed by atoms with Crippen LogP contribution in [0.4, 0.5) is 0 Å². The molecule has 96 valence electrons. The average Bonchev–Trinajstić information content (AvgIpc) is 2.76. The summed E-state index contributed by atoms with van der Waals surface area (Å²) in [6.45, 7) is 2.63. The van der Waals surface area contributed by atoms with Crippen molar-refractivity contribution in [3.63, 3.8) is 0 Å². The van der Waals surface area contributed by atoms with Crippen LogP contribution in [-0.4, -0.2) is 16.4 Å². The summed E-state index contributed by atoms with van der Waals surface area (Å²) in [5, 5.41) is 4.12. The summed E-state index contributed by atoms with van der Waals surface area (Å²) in [6.07, 6.45) is 4.73. The van der Waals surface area contributed by atoms with E-state index < -0.39 is 0 Å². The molecule has 0 saturated carbocycles. The molecule has 0 amide bonds. The molecule has 0 saturated heterocycles. The van der Waals surface area contributed by atoms with Gasteiger partial charge in [-0.2, -0.15) is 5.10 Å². The molecule has 0 radical (unpaired) electrons. The van der Waals surface area contributed by atoms with Gasteiger partial charge in [0.1, 0.15) is 5.75 Å². The van der Waals surface area contributed by atoms with Crippen molar-refractivity contribution in [1.82, 2.24) is 9.78 Å². The fourth-order valence-electron chi connectivity index (χ4n) is 1.76. The fourth-order valence-corrected chi connectivity index (χ4v) is 1.76. The predicted molar refractivity (Wildman–Crippen MR) is 71.5 cm³/mol. The molecule has 0 aliphatic heterocycles. The Morgan fingerprint density at radius 2 is 2.06 bits per heavy atom. The summed E-state index contributed by atoms with van der Waals surface area (Å²) in [6, 6.07) is 7.99. The molecule has 1 heterocycles. The lowest BCUT2D eigenvalue weighted by molar-refractivity contribution is 0.322. The molecule has 0 aliphatic rings. The summed E-state index contributed by atoms with van der Waals surface area (Å²) in [4.78, 5) is 0. The Hall–Kier alpha value is -1.81. The van der Waals surface area contributed by atoms with Gasteiger partial charge in [-0.3, -0.25) is 4.68 Å². The SMILES string of the molecule is C[C@@H](N)c1ccc(OCCc2cnn(C)c2)cc1. The Bertz CT molecular complexity index is 488. The lowest BCUT2D eigenvalue weighted by Crippen LogP contribution is -2.05. The van der Waals surface area contributed by atoms with Crippen molar-refractivity contribution in [2.45, 2.75) is 19.4 Å². The van der Waals surface area contributed by atoms with Gasteiger partial charge in [0.25, 0.3) is 0 Å². The zero-order chi connectivity index (χ0) is 13.0.